The summed E-state index contributed by atoms with van der Waals surface area (Å²) >= 11 is 7.24. The number of fused-ring (bicyclic) bond motifs is 8. The van der Waals surface area contributed by atoms with Gasteiger partial charge >= 0.3 is 0 Å². The van der Waals surface area contributed by atoms with Crippen LogP contribution in [0.3, 0.4) is 0 Å². The van der Waals surface area contributed by atoms with Crippen LogP contribution in [0.15, 0.2) is 191 Å². The Kier molecular flexibility index (Phi) is 7.46. The molecule has 0 aliphatic heterocycles. The van der Waals surface area contributed by atoms with Gasteiger partial charge in [-0.3, -0.25) is 0 Å². The van der Waals surface area contributed by atoms with Gasteiger partial charge in [-0.1, -0.05) is 76.6 Å². The largest absolute Gasteiger partial charge is 0.309 e. The molecular formula is C52H31BrN2S2. The smallest absolute Gasteiger partial charge is 0.0541 e. The van der Waals surface area contributed by atoms with E-state index in [0.717, 1.165) is 4.47 Å². The van der Waals surface area contributed by atoms with Crippen molar-refractivity contribution in [1.82, 2.24) is 9.13 Å². The molecule has 0 saturated heterocycles. The van der Waals surface area contributed by atoms with E-state index in [1.54, 1.807) is 22.7 Å². The summed E-state index contributed by atoms with van der Waals surface area (Å²) in [5, 5.41) is 11.9. The van der Waals surface area contributed by atoms with Crippen LogP contribution in [0.2, 0.25) is 0 Å². The predicted molar refractivity (Wildman–Crippen MR) is 250 cm³/mol. The zero-order valence-corrected chi connectivity index (χ0v) is 33.7. The standard InChI is InChI=1S/C52H31BrN2S2/c53-40-13-9-32(10-14-40)37-25-38(33-11-17-49-45(30-33)43-5-1-3-7-47(43)54(49)41-15-19-51-35(28-41)21-23-56-51)27-39(26-37)34-12-18-50-46(31-34)44-6-2-4-8-48(44)55(50)42-16-20-52-36(29-42)22-24-57-52/h1-31H. The number of rotatable bonds is 5. The number of halogens is 1. The van der Waals surface area contributed by atoms with E-state index < -0.39 is 0 Å². The fraction of sp³-hybridized carbons (Fsp3) is 0. The van der Waals surface area contributed by atoms with Gasteiger partial charge in [-0.05, 0) is 170 Å². The molecular weight excluding hydrogens is 797 g/mol. The zero-order valence-electron chi connectivity index (χ0n) is 30.5. The highest BCUT2D eigenvalue weighted by molar-refractivity contribution is 9.10. The zero-order chi connectivity index (χ0) is 37.6. The molecule has 0 atom stereocenters. The van der Waals surface area contributed by atoms with E-state index in [-0.39, 0.29) is 0 Å². The summed E-state index contributed by atoms with van der Waals surface area (Å²) in [5.41, 5.74) is 14.4. The van der Waals surface area contributed by atoms with Gasteiger partial charge in [0.25, 0.3) is 0 Å². The molecule has 0 radical (unpaired) electrons. The molecule has 0 unspecified atom stereocenters. The topological polar surface area (TPSA) is 9.86 Å². The molecule has 0 aliphatic rings. The Hall–Kier alpha value is -6.24. The van der Waals surface area contributed by atoms with Gasteiger partial charge in [-0.2, -0.15) is 0 Å². The number of hydrogen-bond donors (Lipinski definition) is 0. The van der Waals surface area contributed by atoms with Crippen LogP contribution in [0, 0.1) is 0 Å². The molecule has 0 spiro atoms. The van der Waals surface area contributed by atoms with Crippen molar-refractivity contribution in [3.8, 4) is 44.8 Å². The van der Waals surface area contributed by atoms with E-state index in [1.807, 2.05) is 0 Å². The van der Waals surface area contributed by atoms with E-state index in [0.29, 0.717) is 0 Å². The van der Waals surface area contributed by atoms with Crippen LogP contribution in [0.25, 0.3) is 109 Å². The molecule has 4 heterocycles. The van der Waals surface area contributed by atoms with Crippen molar-refractivity contribution in [1.29, 1.82) is 0 Å². The minimum atomic E-state index is 1.07. The van der Waals surface area contributed by atoms with Crippen LogP contribution in [-0.2, 0) is 0 Å². The second kappa shape index (κ2) is 12.9. The highest BCUT2D eigenvalue weighted by Gasteiger charge is 2.17. The number of hydrogen-bond acceptors (Lipinski definition) is 2. The summed E-state index contributed by atoms with van der Waals surface area (Å²) in [7, 11) is 0. The van der Waals surface area contributed by atoms with Crippen molar-refractivity contribution in [3.63, 3.8) is 0 Å². The van der Waals surface area contributed by atoms with E-state index in [4.69, 9.17) is 0 Å². The van der Waals surface area contributed by atoms with Crippen molar-refractivity contribution in [2.24, 2.45) is 0 Å². The first-order chi connectivity index (χ1) is 28.1. The molecule has 0 saturated carbocycles. The molecule has 0 amide bonds. The monoisotopic (exact) mass is 826 g/mol. The summed E-state index contributed by atoms with van der Waals surface area (Å²) in [5.74, 6) is 0. The summed E-state index contributed by atoms with van der Waals surface area (Å²) in [6, 6.07) is 65.4. The van der Waals surface area contributed by atoms with Gasteiger partial charge in [0.05, 0.1) is 22.1 Å². The lowest BCUT2D eigenvalue weighted by Crippen LogP contribution is -1.93. The highest BCUT2D eigenvalue weighted by Crippen LogP contribution is 2.41. The van der Waals surface area contributed by atoms with Crippen LogP contribution in [0.5, 0.6) is 0 Å². The van der Waals surface area contributed by atoms with Gasteiger partial charge in [0, 0.05) is 46.8 Å². The van der Waals surface area contributed by atoms with E-state index in [2.05, 4.69) is 212 Å². The lowest BCUT2D eigenvalue weighted by atomic mass is 9.92. The third-order valence-corrected chi connectivity index (χ3v) is 13.8. The van der Waals surface area contributed by atoms with Crippen molar-refractivity contribution in [2.45, 2.75) is 0 Å². The number of nitrogens with zero attached hydrogens (tertiary/aromatic N) is 2. The van der Waals surface area contributed by atoms with Crippen LogP contribution < -0.4 is 0 Å². The van der Waals surface area contributed by atoms with E-state index in [1.165, 1.54) is 109 Å². The molecule has 57 heavy (non-hydrogen) atoms. The fourth-order valence-corrected chi connectivity index (χ4v) is 10.6. The average Bonchev–Trinajstić information content (AvgIpc) is 4.06. The molecule has 12 aromatic rings. The van der Waals surface area contributed by atoms with Crippen molar-refractivity contribution in [3.05, 3.63) is 191 Å². The summed E-state index contributed by atoms with van der Waals surface area (Å²) in [6.45, 7) is 0. The minimum Gasteiger partial charge on any atom is -0.309 e. The first kappa shape index (κ1) is 33.0. The first-order valence-electron chi connectivity index (χ1n) is 19.1. The third kappa shape index (κ3) is 5.34. The van der Waals surface area contributed by atoms with Crippen LogP contribution >= 0.6 is 38.6 Å². The predicted octanol–water partition coefficient (Wildman–Crippen LogP) is 16.1. The first-order valence-corrected chi connectivity index (χ1v) is 21.6. The summed E-state index contributed by atoms with van der Waals surface area (Å²) in [4.78, 5) is 0. The van der Waals surface area contributed by atoms with Gasteiger partial charge < -0.3 is 9.13 Å². The molecule has 268 valence electrons. The molecule has 4 aromatic heterocycles. The van der Waals surface area contributed by atoms with Gasteiger partial charge in [-0.25, -0.2) is 0 Å². The normalized spacial score (nSPS) is 11.9. The maximum absolute atomic E-state index is 3.66. The summed E-state index contributed by atoms with van der Waals surface area (Å²) < 4.78 is 8.52. The minimum absolute atomic E-state index is 1.07. The molecule has 0 aliphatic carbocycles. The van der Waals surface area contributed by atoms with Gasteiger partial charge in [0.15, 0.2) is 0 Å². The van der Waals surface area contributed by atoms with E-state index >= 15 is 0 Å². The molecule has 0 fully saturated rings. The van der Waals surface area contributed by atoms with Crippen LogP contribution in [0.1, 0.15) is 0 Å². The Morgan fingerprint density at radius 2 is 0.772 bits per heavy atom. The fourth-order valence-electron chi connectivity index (χ4n) is 8.82. The van der Waals surface area contributed by atoms with E-state index in [9.17, 15) is 0 Å². The van der Waals surface area contributed by atoms with Gasteiger partial charge in [0.1, 0.15) is 0 Å². The van der Waals surface area contributed by atoms with Gasteiger partial charge in [-0.15, -0.1) is 22.7 Å². The highest BCUT2D eigenvalue weighted by atomic mass is 79.9. The number of para-hydroxylation sites is 2. The lowest BCUT2D eigenvalue weighted by molar-refractivity contribution is 1.19. The Balaban J connectivity index is 1.05. The van der Waals surface area contributed by atoms with Crippen molar-refractivity contribution < 1.29 is 0 Å². The number of aromatic nitrogens is 2. The molecule has 12 rings (SSSR count). The maximum Gasteiger partial charge on any atom is 0.0541 e. The molecule has 5 heteroatoms. The Labute approximate surface area is 345 Å². The van der Waals surface area contributed by atoms with Gasteiger partial charge in [0.2, 0.25) is 0 Å². The number of thiophene rings is 2. The van der Waals surface area contributed by atoms with Crippen molar-refractivity contribution >= 4 is 102 Å². The average molecular weight is 828 g/mol. The Morgan fingerprint density at radius 3 is 1.28 bits per heavy atom. The van der Waals surface area contributed by atoms with Crippen LogP contribution in [0.4, 0.5) is 0 Å². The second-order valence-corrected chi connectivity index (χ2v) is 17.6. The Bertz CT molecular complexity index is 3330. The Morgan fingerprint density at radius 1 is 0.333 bits per heavy atom. The summed E-state index contributed by atoms with van der Waals surface area (Å²) in [6.07, 6.45) is 0. The number of benzene rings is 8. The third-order valence-electron chi connectivity index (χ3n) is 11.5. The maximum atomic E-state index is 3.66. The molecule has 2 nitrogen and oxygen atoms in total. The molecule has 8 aromatic carbocycles. The second-order valence-electron chi connectivity index (χ2n) is 14.8. The molecule has 0 N–H and O–H groups in total. The lowest BCUT2D eigenvalue weighted by Gasteiger charge is -2.13. The van der Waals surface area contributed by atoms with Crippen LogP contribution in [-0.4, -0.2) is 9.13 Å². The quantitative estimate of drug-likeness (QED) is 0.164. The molecule has 0 bridgehead atoms. The SMILES string of the molecule is Brc1ccc(-c2cc(-c3ccc4c(c3)c3ccccc3n4-c3ccc4sccc4c3)cc(-c3ccc4c(c3)c3ccccc3n4-c3ccc4sccc4c3)c2)cc1. The van der Waals surface area contributed by atoms with Crippen molar-refractivity contribution in [2.75, 3.05) is 0 Å².